The Kier molecular flexibility index (Phi) is 6.46. The number of hydrogen-bond acceptors (Lipinski definition) is 4. The summed E-state index contributed by atoms with van der Waals surface area (Å²) in [5, 5.41) is 2.51. The molecule has 6 nitrogen and oxygen atoms in total. The van der Waals surface area contributed by atoms with E-state index in [4.69, 9.17) is 4.74 Å². The van der Waals surface area contributed by atoms with Gasteiger partial charge in [0.25, 0.3) is 0 Å². The van der Waals surface area contributed by atoms with Crippen LogP contribution < -0.4 is 9.64 Å². The Morgan fingerprint density at radius 1 is 0.971 bits per heavy atom. The fourth-order valence-corrected chi connectivity index (χ4v) is 3.09. The number of carbonyl (C=O) groups excluding carboxylic acids is 1. The van der Waals surface area contributed by atoms with Crippen molar-refractivity contribution in [2.24, 2.45) is 0 Å². The van der Waals surface area contributed by atoms with Crippen molar-refractivity contribution < 1.29 is 40.3 Å². The van der Waals surface area contributed by atoms with Crippen LogP contribution in [0.5, 0.6) is 5.75 Å². The van der Waals surface area contributed by atoms with Crippen LogP contribution in [0, 0.1) is 5.82 Å². The van der Waals surface area contributed by atoms with Crippen LogP contribution in [0.15, 0.2) is 49.1 Å². The number of alkyl halides is 6. The van der Waals surface area contributed by atoms with E-state index in [1.54, 1.807) is 0 Å². The van der Waals surface area contributed by atoms with Crippen molar-refractivity contribution in [2.45, 2.75) is 17.6 Å². The lowest BCUT2D eigenvalue weighted by Gasteiger charge is -2.35. The monoisotopic (exact) mass is 484 g/mol. The molecule has 0 radical (unpaired) electrons. The number of ether oxygens (including phenoxy) is 1. The average molecular weight is 484 g/mol. The number of halogens is 7. The minimum atomic E-state index is -5.32. The second-order valence-corrected chi connectivity index (χ2v) is 8.06. The first kappa shape index (κ1) is 25.2. The van der Waals surface area contributed by atoms with Gasteiger partial charge in [-0.05, 0) is 41.6 Å². The van der Waals surface area contributed by atoms with Crippen LogP contribution in [-0.4, -0.2) is 49.6 Å². The van der Waals surface area contributed by atoms with Gasteiger partial charge in [0, 0.05) is 5.69 Å². The summed E-state index contributed by atoms with van der Waals surface area (Å²) in [4.78, 5) is 17.6. The fourth-order valence-electron chi connectivity index (χ4n) is 3.09. The van der Waals surface area contributed by atoms with Gasteiger partial charge >= 0.3 is 18.4 Å². The summed E-state index contributed by atoms with van der Waals surface area (Å²) in [6.07, 6.45) is -10.1. The van der Waals surface area contributed by atoms with Gasteiger partial charge in [-0.25, -0.2) is 18.9 Å². The summed E-state index contributed by atoms with van der Waals surface area (Å²) in [5.74, 6) is -1.83. The smallest absolute Gasteiger partial charge is 0.407 e. The van der Waals surface area contributed by atoms with Crippen LogP contribution in [-0.2, 0) is 12.4 Å². The van der Waals surface area contributed by atoms with Crippen molar-refractivity contribution >= 4 is 35.3 Å². The Morgan fingerprint density at radius 2 is 1.59 bits per heavy atom. The number of hydrogen-bond donors (Lipinski definition) is 0. The number of aromatic nitrogens is 3. The van der Waals surface area contributed by atoms with E-state index >= 15 is 0 Å². The number of anilines is 1. The zero-order valence-electron chi connectivity index (χ0n) is 17.9. The third-order valence-corrected chi connectivity index (χ3v) is 4.50. The largest absolute Gasteiger partial charge is 0.420 e. The van der Waals surface area contributed by atoms with Gasteiger partial charge in [-0.15, -0.1) is 0 Å². The average Bonchev–Trinajstić information content (AvgIpc) is 3.21. The molecular formula is C18H14B3F7N4O2. The van der Waals surface area contributed by atoms with Gasteiger partial charge in [0.1, 0.15) is 53.3 Å². The minimum absolute atomic E-state index is 0.0849. The molecule has 0 aliphatic rings. The van der Waals surface area contributed by atoms with E-state index in [1.165, 1.54) is 35.7 Å². The van der Waals surface area contributed by atoms with Gasteiger partial charge in [0.05, 0.1) is 5.56 Å². The highest BCUT2D eigenvalue weighted by atomic mass is 19.4. The third-order valence-electron chi connectivity index (χ3n) is 4.50. The molecule has 0 saturated heterocycles. The molecule has 1 heterocycles. The quantitative estimate of drug-likeness (QED) is 0.420. The lowest BCUT2D eigenvalue weighted by Crippen LogP contribution is -2.55. The second kappa shape index (κ2) is 8.72. The van der Waals surface area contributed by atoms with E-state index in [2.05, 4.69) is 10.1 Å². The van der Waals surface area contributed by atoms with Crippen molar-refractivity contribution in [3.8, 4) is 11.4 Å². The van der Waals surface area contributed by atoms with Crippen LogP contribution in [0.3, 0.4) is 0 Å². The van der Waals surface area contributed by atoms with Gasteiger partial charge < -0.3 is 4.74 Å². The summed E-state index contributed by atoms with van der Waals surface area (Å²) in [7, 11) is 4.61. The molecule has 0 aliphatic carbocycles. The lowest BCUT2D eigenvalue weighted by atomic mass is 9.48. The Bertz CT molecular complexity index is 1180. The van der Waals surface area contributed by atoms with Crippen molar-refractivity contribution in [1.82, 2.24) is 14.8 Å². The van der Waals surface area contributed by atoms with Gasteiger partial charge in [-0.3, -0.25) is 4.90 Å². The normalized spacial score (nSPS) is 12.4. The molecular weight excluding hydrogens is 470 g/mol. The van der Waals surface area contributed by atoms with Gasteiger partial charge in [0.15, 0.2) is 5.75 Å². The summed E-state index contributed by atoms with van der Waals surface area (Å²) in [6, 6.07) is 4.69. The highest BCUT2D eigenvalue weighted by Crippen LogP contribution is 2.44. The first-order chi connectivity index (χ1) is 15.6. The fraction of sp³-hybridized carbons (Fsp3) is 0.167. The number of carbonyl (C=O) groups is 1. The van der Waals surface area contributed by atoms with E-state index in [9.17, 15) is 35.5 Å². The molecule has 0 aliphatic heterocycles. The first-order valence-corrected chi connectivity index (χ1v) is 9.54. The molecule has 3 rings (SSSR count). The number of amides is 1. The predicted molar refractivity (Wildman–Crippen MR) is 115 cm³/mol. The summed E-state index contributed by atoms with van der Waals surface area (Å²) in [6.45, 7) is 0. The molecule has 0 bridgehead atoms. The third kappa shape index (κ3) is 5.37. The molecule has 1 amide bonds. The van der Waals surface area contributed by atoms with E-state index in [0.717, 1.165) is 29.7 Å². The predicted octanol–water partition coefficient (Wildman–Crippen LogP) is 1.96. The van der Waals surface area contributed by atoms with Crippen LogP contribution in [0.25, 0.3) is 5.69 Å². The minimum Gasteiger partial charge on any atom is -0.407 e. The maximum absolute atomic E-state index is 13.8. The standard InChI is InChI=1S/C18H14B3F7N4O2/c19-18(20,21)32(11-3-1-10(22)2-4-11)15(33)34-14-12(17(26,27)28)5-9(16(23,24)25)6-13(14)31-8-29-7-30-31/h1-8H,19-21H2. The Morgan fingerprint density at radius 3 is 2.06 bits per heavy atom. The molecule has 1 aromatic heterocycles. The maximum atomic E-state index is 13.8. The van der Waals surface area contributed by atoms with E-state index < -0.39 is 52.1 Å². The van der Waals surface area contributed by atoms with E-state index in [1.807, 2.05) is 0 Å². The topological polar surface area (TPSA) is 60.2 Å². The molecule has 0 N–H and O–H groups in total. The van der Waals surface area contributed by atoms with Gasteiger partial charge in [0.2, 0.25) is 0 Å². The highest BCUT2D eigenvalue weighted by Gasteiger charge is 2.42. The Balaban J connectivity index is 2.21. The van der Waals surface area contributed by atoms with Crippen LogP contribution in [0.1, 0.15) is 11.1 Å². The van der Waals surface area contributed by atoms with E-state index in [0.29, 0.717) is 10.7 Å². The number of benzene rings is 2. The van der Waals surface area contributed by atoms with Crippen LogP contribution in [0.4, 0.5) is 41.2 Å². The molecule has 2 aromatic carbocycles. The number of rotatable bonds is 4. The Hall–Kier alpha value is -3.45. The Labute approximate surface area is 190 Å². The molecule has 16 heteroatoms. The SMILES string of the molecule is BC(B)(B)N(C(=O)Oc1c(-n2cncn2)cc(C(F)(F)F)cc1C(F)(F)F)c1ccc(F)cc1. The second-order valence-electron chi connectivity index (χ2n) is 8.06. The van der Waals surface area contributed by atoms with Crippen LogP contribution >= 0.6 is 0 Å². The number of nitrogens with zero attached hydrogens (tertiary/aromatic N) is 4. The van der Waals surface area contributed by atoms with Crippen LogP contribution in [0.2, 0.25) is 0 Å². The van der Waals surface area contributed by atoms with Crippen molar-refractivity contribution in [1.29, 1.82) is 0 Å². The zero-order valence-corrected chi connectivity index (χ0v) is 17.9. The first-order valence-electron chi connectivity index (χ1n) is 9.54. The van der Waals surface area contributed by atoms with Crippen molar-refractivity contribution in [2.75, 3.05) is 4.90 Å². The molecule has 34 heavy (non-hydrogen) atoms. The highest BCUT2D eigenvalue weighted by molar-refractivity contribution is 6.62. The maximum Gasteiger partial charge on any atom is 0.420 e. The molecule has 0 saturated carbocycles. The molecule has 0 unspecified atom stereocenters. The lowest BCUT2D eigenvalue weighted by molar-refractivity contribution is -0.143. The summed E-state index contributed by atoms with van der Waals surface area (Å²) in [5.41, 5.74) is -4.19. The molecule has 3 aromatic rings. The summed E-state index contributed by atoms with van der Waals surface area (Å²) >= 11 is 0. The van der Waals surface area contributed by atoms with Gasteiger partial charge in [-0.2, -0.15) is 31.4 Å². The zero-order chi connectivity index (χ0) is 25.5. The molecule has 0 spiro atoms. The molecule has 176 valence electrons. The molecule has 0 fully saturated rings. The van der Waals surface area contributed by atoms with Crippen molar-refractivity contribution in [3.63, 3.8) is 0 Å². The van der Waals surface area contributed by atoms with Crippen molar-refractivity contribution in [3.05, 3.63) is 66.0 Å². The summed E-state index contributed by atoms with van der Waals surface area (Å²) < 4.78 is 101. The van der Waals surface area contributed by atoms with E-state index in [-0.39, 0.29) is 11.8 Å². The molecule has 0 atom stereocenters. The van der Waals surface area contributed by atoms with Gasteiger partial charge in [-0.1, -0.05) is 0 Å².